The van der Waals surface area contributed by atoms with Gasteiger partial charge in [0.2, 0.25) is 0 Å². The highest BCUT2D eigenvalue weighted by atomic mass is 35.5. The van der Waals surface area contributed by atoms with Crippen LogP contribution in [0.3, 0.4) is 0 Å². The molecule has 0 amide bonds. The van der Waals surface area contributed by atoms with Crippen molar-refractivity contribution >= 4 is 176 Å². The summed E-state index contributed by atoms with van der Waals surface area (Å²) in [5.41, 5.74) is 11.3. The second kappa shape index (κ2) is 46.4. The van der Waals surface area contributed by atoms with Crippen molar-refractivity contribution in [3.8, 4) is 28.7 Å². The fourth-order valence-corrected chi connectivity index (χ4v) is 16.9. The zero-order chi connectivity index (χ0) is 101. The Labute approximate surface area is 856 Å². The molecule has 0 unspecified atom stereocenters. The number of esters is 5. The monoisotopic (exact) mass is 2070 g/mol. The normalized spacial score (nSPS) is 11.0. The first-order valence-electron chi connectivity index (χ1n) is 45.0. The number of carbonyl (C=O) groups excluding carboxylic acids is 5. The molecule has 21 rings (SSSR count). The average molecular weight is 2070 g/mol. The molecule has 0 aliphatic heterocycles. The first-order valence-corrected chi connectivity index (χ1v) is 47.6. The van der Waals surface area contributed by atoms with Crippen molar-refractivity contribution in [2.75, 3.05) is 0 Å². The van der Waals surface area contributed by atoms with Gasteiger partial charge in [0.15, 0.2) is 45.8 Å². The summed E-state index contributed by atoms with van der Waals surface area (Å²) in [5.74, 6) is -4.02. The molecule has 10 N–H and O–H groups in total. The third-order valence-corrected chi connectivity index (χ3v) is 25.2. The lowest BCUT2D eigenvalue weighted by atomic mass is 10.0. The van der Waals surface area contributed by atoms with E-state index < -0.39 is 57.6 Å². The van der Waals surface area contributed by atoms with Gasteiger partial charge in [0, 0.05) is 72.9 Å². The fourth-order valence-electron chi connectivity index (χ4n) is 15.5. The van der Waals surface area contributed by atoms with Crippen LogP contribution in [0.25, 0.3) is 65.3 Å². The molecule has 0 saturated carbocycles. The summed E-state index contributed by atoms with van der Waals surface area (Å²) < 4.78 is 26.4. The van der Waals surface area contributed by atoms with Gasteiger partial charge in [-0.25, -0.2) is 24.0 Å². The van der Waals surface area contributed by atoms with Gasteiger partial charge in [0.1, 0.15) is 11.4 Å². The van der Waals surface area contributed by atoms with E-state index >= 15 is 0 Å². The number of benzene rings is 11. The Hall–Kier alpha value is -16.7. The molecule has 35 heteroatoms. The Morgan fingerprint density at radius 2 is 0.524 bits per heavy atom. The van der Waals surface area contributed by atoms with Gasteiger partial charge in [-0.15, -0.1) is 0 Å². The van der Waals surface area contributed by atoms with Gasteiger partial charge < -0.3 is 58.6 Å². The van der Waals surface area contributed by atoms with E-state index in [4.69, 9.17) is 105 Å². The summed E-state index contributed by atoms with van der Waals surface area (Å²) >= 11 is 42.6. The lowest BCUT2D eigenvalue weighted by Gasteiger charge is -2.05. The molecule has 21 aromatic rings. The quantitative estimate of drug-likeness (QED) is 0.0251. The smallest absolute Gasteiger partial charge is 0.364 e. The number of pyridine rings is 5. The van der Waals surface area contributed by atoms with Crippen LogP contribution in [0, 0.1) is 0 Å². The van der Waals surface area contributed by atoms with E-state index in [1.165, 1.54) is 41.5 Å². The van der Waals surface area contributed by atoms with Crippen LogP contribution in [0.5, 0.6) is 28.7 Å². The number of halogens is 7. The minimum Gasteiger partial charge on any atom is -0.416 e. The molecule has 0 aliphatic rings. The number of ether oxygens (including phenoxy) is 5. The molecule has 11 aromatic carbocycles. The van der Waals surface area contributed by atoms with Crippen LogP contribution >= 0.6 is 81.2 Å². The van der Waals surface area contributed by atoms with Crippen LogP contribution in [0.4, 0.5) is 0 Å². The van der Waals surface area contributed by atoms with Gasteiger partial charge in [0.25, 0.3) is 27.8 Å². The van der Waals surface area contributed by atoms with Crippen molar-refractivity contribution in [1.29, 1.82) is 0 Å². The van der Waals surface area contributed by atoms with Crippen molar-refractivity contribution in [2.45, 2.75) is 57.8 Å². The second-order valence-electron chi connectivity index (χ2n) is 33.0. The molecule has 10 aromatic heterocycles. The summed E-state index contributed by atoms with van der Waals surface area (Å²) in [7, 11) is 0. The van der Waals surface area contributed by atoms with Crippen molar-refractivity contribution in [3.05, 3.63) is 487 Å². The molecular formula is C110H80Cl7N13O15. The predicted octanol–water partition coefficient (Wildman–Crippen LogP) is 23.0. The summed E-state index contributed by atoms with van der Waals surface area (Å²) in [6.07, 6.45) is 10.3. The maximum atomic E-state index is 12.6. The fraction of sp³-hybridized carbons (Fsp3) is 0.0818. The summed E-state index contributed by atoms with van der Waals surface area (Å²) in [6.45, 7) is 0. The van der Waals surface area contributed by atoms with Gasteiger partial charge in [-0.3, -0.25) is 39.3 Å². The molecule has 0 saturated heterocycles. The van der Waals surface area contributed by atoms with Crippen LogP contribution in [-0.4, -0.2) is 95.3 Å². The van der Waals surface area contributed by atoms with E-state index in [9.17, 15) is 47.9 Å². The van der Waals surface area contributed by atoms with Crippen LogP contribution in [-0.2, 0) is 57.8 Å². The number of hydrogen-bond acceptors (Lipinski definition) is 18. The molecule has 0 atom stereocenters. The van der Waals surface area contributed by atoms with Crippen LogP contribution < -0.4 is 51.5 Å². The highest BCUT2D eigenvalue weighted by Crippen LogP contribution is 2.32. The van der Waals surface area contributed by atoms with E-state index in [0.717, 1.165) is 94.2 Å². The zero-order valence-electron chi connectivity index (χ0n) is 76.0. The molecule has 724 valence electrons. The summed E-state index contributed by atoms with van der Waals surface area (Å²) in [4.78, 5) is 142. The second-order valence-corrected chi connectivity index (χ2v) is 35.9. The molecular weight excluding hydrogens is 1990 g/mol. The first-order chi connectivity index (χ1) is 70.3. The highest BCUT2D eigenvalue weighted by molar-refractivity contribution is 6.37. The molecule has 28 nitrogen and oxygen atoms in total. The van der Waals surface area contributed by atoms with Gasteiger partial charge in [-0.05, 0) is 247 Å². The maximum Gasteiger partial charge on any atom is 0.364 e. The number of H-pyrrole nitrogens is 10. The largest absolute Gasteiger partial charge is 0.416 e. The molecule has 0 bridgehead atoms. The van der Waals surface area contributed by atoms with Gasteiger partial charge in [-0.2, -0.15) is 15.3 Å². The Balaban J connectivity index is 0.000000124. The van der Waals surface area contributed by atoms with E-state index in [2.05, 4.69) is 95.8 Å². The number of rotatable bonds is 24. The van der Waals surface area contributed by atoms with Crippen LogP contribution in [0.15, 0.2) is 340 Å². The number of aromatic nitrogens is 13. The number of carbonyl (C=O) groups is 5. The van der Waals surface area contributed by atoms with E-state index in [-0.39, 0.29) is 51.5 Å². The van der Waals surface area contributed by atoms with Gasteiger partial charge >= 0.3 is 29.8 Å². The number of nitrogens with zero attached hydrogens (tertiary/aromatic N) is 3. The average Bonchev–Trinajstić information content (AvgIpc) is 1.80. The molecule has 0 radical (unpaired) electrons. The van der Waals surface area contributed by atoms with Gasteiger partial charge in [-0.1, -0.05) is 239 Å². The minimum atomic E-state index is -0.726. The highest BCUT2D eigenvalue weighted by Gasteiger charge is 2.24. The van der Waals surface area contributed by atoms with E-state index in [1.807, 2.05) is 121 Å². The predicted molar refractivity (Wildman–Crippen MR) is 562 cm³/mol. The standard InChI is InChI=1S/C24H16ClN3O3.C22H16Cl2N2O3.C22H17ClN2O3.C21H15Cl2N3O3.C21H16ClN3O3/c25-19-9-4-10-20-18(19)13-22(23(29)26-20)31-24(30)21-12-16(27-28-21)11-15-7-3-6-14-5-1-2-8-17(14)15;23-15-8-6-13(7-9-15)4-5-14-10-19(25-12-14)22(28)29-20-11-16-17(24)2-1-3-18(16)26-21(20)27;23-17-7-4-8-18-16(17)12-20(21(26)25-18)28-22(27)19-11-15(13-24-19)10-9-14-5-2-1-3-6-14;22-13-7-4-12(5-8-13)6-9-14-10-18(26-25-14)21(28)29-19-11-15-16(23)2-1-3-17(15)24-20(19)27;22-16-7-4-8-17-15(16)12-19(20(26)23-17)28-21(27)18-11-14(24-25-18)10-9-13-5-2-1-3-6-13/h1-10,12-13H,11H2,(H,26,29)(H,27,28);1-3,6-12,25H,4-5H2,(H,26,27);1-8,11-13,24H,9-10H2,(H,25,26);1-5,7-8,10-11H,6,9H2,(H,24,27)(H,25,26);1-8,11-12H,9-10H2,(H,23,26)(H,24,25). The van der Waals surface area contributed by atoms with Crippen molar-refractivity contribution in [1.82, 2.24) is 65.5 Å². The molecule has 0 spiro atoms. The third-order valence-electron chi connectivity index (χ3n) is 23.0. The van der Waals surface area contributed by atoms with Crippen LogP contribution in [0.1, 0.15) is 108 Å². The number of fused-ring (bicyclic) bond motifs is 6. The first kappa shape index (κ1) is 99.9. The topological polar surface area (TPSA) is 413 Å². The maximum absolute atomic E-state index is 12.6. The van der Waals surface area contributed by atoms with E-state index in [0.29, 0.717) is 115 Å². The lowest BCUT2D eigenvalue weighted by molar-refractivity contribution is 0.0717. The SMILES string of the molecule is O=C(Oc1cc2c(Cl)cccc2[nH]c1=O)c1cc(CCc2ccc(Cl)cc2)[nH]n1.O=C(Oc1cc2c(Cl)cccc2[nH]c1=O)c1cc(CCc2ccc(Cl)cc2)c[nH]1.O=C(Oc1cc2c(Cl)cccc2[nH]c1=O)c1cc(CCc2ccccc2)[nH]n1.O=C(Oc1cc2c(Cl)cccc2[nH]c1=O)c1cc(CCc2ccccc2)c[nH]1.O=C(Oc1cc2c(Cl)cccc2[nH]c1=O)c1cc(Cc2cccc3ccccc23)[nH]n1. The lowest BCUT2D eigenvalue weighted by Crippen LogP contribution is -2.17. The summed E-state index contributed by atoms with van der Waals surface area (Å²) in [6, 6.07) is 91.0. The number of aromatic amines is 10. The van der Waals surface area contributed by atoms with Crippen molar-refractivity contribution in [3.63, 3.8) is 0 Å². The molecule has 0 fully saturated rings. The van der Waals surface area contributed by atoms with Crippen LogP contribution in [0.2, 0.25) is 35.2 Å². The Kier molecular flexibility index (Phi) is 31.9. The van der Waals surface area contributed by atoms with Crippen molar-refractivity contribution < 1.29 is 47.7 Å². The zero-order valence-corrected chi connectivity index (χ0v) is 81.3. The third kappa shape index (κ3) is 25.6. The molecule has 0 aliphatic carbocycles. The van der Waals surface area contributed by atoms with Crippen molar-refractivity contribution in [2.24, 2.45) is 0 Å². The number of aryl methyl sites for hydroxylation is 8. The van der Waals surface area contributed by atoms with E-state index in [1.54, 1.807) is 134 Å². The molecule has 10 heterocycles. The number of nitrogens with one attached hydrogen (secondary N) is 10. The molecule has 145 heavy (non-hydrogen) atoms. The number of hydrogen-bond donors (Lipinski definition) is 10. The Morgan fingerprint density at radius 1 is 0.248 bits per heavy atom. The van der Waals surface area contributed by atoms with Gasteiger partial charge in [0.05, 0.1) is 52.7 Å². The Morgan fingerprint density at radius 3 is 0.869 bits per heavy atom. The Bertz CT molecular complexity index is 8320. The minimum absolute atomic E-state index is 0.0916. The summed E-state index contributed by atoms with van der Waals surface area (Å²) in [5, 5.41) is 29.5.